The number of ether oxygens (including phenoxy) is 1. The zero-order valence-corrected chi connectivity index (χ0v) is 13.3. The predicted octanol–water partition coefficient (Wildman–Crippen LogP) is 3.44. The Morgan fingerprint density at radius 3 is 2.72 bits per heavy atom. The van der Waals surface area contributed by atoms with Crippen LogP contribution in [-0.4, -0.2) is 15.0 Å². The first-order valence-electron chi connectivity index (χ1n) is 7.43. The summed E-state index contributed by atoms with van der Waals surface area (Å²) < 4.78 is 31.9. The Bertz CT molecular complexity index is 884. The van der Waals surface area contributed by atoms with E-state index >= 15 is 0 Å². The van der Waals surface area contributed by atoms with Gasteiger partial charge in [-0.05, 0) is 25.1 Å². The van der Waals surface area contributed by atoms with Crippen LogP contribution in [0.5, 0.6) is 11.6 Å². The number of benzene rings is 1. The number of hydrogen-bond acceptors (Lipinski definition) is 6. The molecule has 0 saturated heterocycles. The van der Waals surface area contributed by atoms with Gasteiger partial charge in [-0.1, -0.05) is 6.07 Å². The van der Waals surface area contributed by atoms with Crippen molar-refractivity contribution < 1.29 is 13.5 Å². The van der Waals surface area contributed by atoms with E-state index in [0.717, 1.165) is 17.8 Å². The van der Waals surface area contributed by atoms with E-state index in [1.54, 1.807) is 24.4 Å². The summed E-state index contributed by atoms with van der Waals surface area (Å²) in [6, 6.07) is 8.59. The monoisotopic (exact) mass is 343 g/mol. The molecule has 0 bridgehead atoms. The quantitative estimate of drug-likeness (QED) is 0.738. The van der Waals surface area contributed by atoms with E-state index in [4.69, 9.17) is 10.5 Å². The Morgan fingerprint density at radius 2 is 1.96 bits per heavy atom. The van der Waals surface area contributed by atoms with E-state index < -0.39 is 11.6 Å². The van der Waals surface area contributed by atoms with Gasteiger partial charge in [-0.3, -0.25) is 0 Å². The lowest BCUT2D eigenvalue weighted by molar-refractivity contribution is 0.443. The first-order chi connectivity index (χ1) is 12.0. The fourth-order valence-corrected chi connectivity index (χ4v) is 2.17. The highest BCUT2D eigenvalue weighted by molar-refractivity contribution is 5.42. The topological polar surface area (TPSA) is 86.0 Å². The summed E-state index contributed by atoms with van der Waals surface area (Å²) in [4.78, 5) is 12.2. The van der Waals surface area contributed by atoms with Crippen molar-refractivity contribution in [2.24, 2.45) is 0 Å². The van der Waals surface area contributed by atoms with Gasteiger partial charge in [0.05, 0.1) is 0 Å². The fraction of sp³-hybridized carbons (Fsp3) is 0.118. The zero-order valence-electron chi connectivity index (χ0n) is 13.3. The van der Waals surface area contributed by atoms with E-state index in [2.05, 4.69) is 20.3 Å². The smallest absolute Gasteiger partial charge is 0.224 e. The van der Waals surface area contributed by atoms with Crippen LogP contribution >= 0.6 is 0 Å². The SMILES string of the molecule is Cc1cc(NCc2cccnc2Oc2ccc(F)c(F)c2)nc(N)n1. The van der Waals surface area contributed by atoms with Gasteiger partial charge in [0.15, 0.2) is 11.6 Å². The molecule has 1 aromatic carbocycles. The highest BCUT2D eigenvalue weighted by Crippen LogP contribution is 2.25. The van der Waals surface area contributed by atoms with Gasteiger partial charge >= 0.3 is 0 Å². The molecule has 3 rings (SSSR count). The van der Waals surface area contributed by atoms with Gasteiger partial charge in [-0.15, -0.1) is 0 Å². The average molecular weight is 343 g/mol. The van der Waals surface area contributed by atoms with Gasteiger partial charge in [-0.2, -0.15) is 4.98 Å². The van der Waals surface area contributed by atoms with Gasteiger partial charge < -0.3 is 15.8 Å². The second-order valence-corrected chi connectivity index (χ2v) is 5.25. The van der Waals surface area contributed by atoms with Crippen molar-refractivity contribution in [1.82, 2.24) is 15.0 Å². The number of hydrogen-bond donors (Lipinski definition) is 2. The Balaban J connectivity index is 1.77. The predicted molar refractivity (Wildman–Crippen MR) is 89.2 cm³/mol. The zero-order chi connectivity index (χ0) is 17.8. The lowest BCUT2D eigenvalue weighted by Gasteiger charge is -2.11. The maximum Gasteiger partial charge on any atom is 0.224 e. The first kappa shape index (κ1) is 16.6. The molecule has 0 fully saturated rings. The van der Waals surface area contributed by atoms with E-state index in [9.17, 15) is 8.78 Å². The summed E-state index contributed by atoms with van der Waals surface area (Å²) in [6.07, 6.45) is 1.55. The standard InChI is InChI=1S/C17H15F2N5O/c1-10-7-15(24-17(20)23-10)22-9-11-3-2-6-21-16(11)25-12-4-5-13(18)14(19)8-12/h2-8H,9H2,1H3,(H3,20,22,23,24). The van der Waals surface area contributed by atoms with Crippen molar-refractivity contribution in [2.75, 3.05) is 11.1 Å². The molecule has 25 heavy (non-hydrogen) atoms. The summed E-state index contributed by atoms with van der Waals surface area (Å²) in [5.74, 6) is -0.757. The number of rotatable bonds is 5. The third-order valence-electron chi connectivity index (χ3n) is 3.29. The van der Waals surface area contributed by atoms with E-state index in [0.29, 0.717) is 17.9 Å². The molecule has 0 atom stereocenters. The van der Waals surface area contributed by atoms with Crippen molar-refractivity contribution in [2.45, 2.75) is 13.5 Å². The number of pyridine rings is 1. The molecule has 6 nitrogen and oxygen atoms in total. The molecule has 0 spiro atoms. The number of aryl methyl sites for hydroxylation is 1. The minimum absolute atomic E-state index is 0.154. The molecule has 0 unspecified atom stereocenters. The summed E-state index contributed by atoms with van der Waals surface area (Å²) in [5.41, 5.74) is 7.07. The number of anilines is 2. The number of nitrogens with one attached hydrogen (secondary N) is 1. The lowest BCUT2D eigenvalue weighted by Crippen LogP contribution is -2.06. The van der Waals surface area contributed by atoms with Crippen LogP contribution in [0.25, 0.3) is 0 Å². The molecule has 0 amide bonds. The Morgan fingerprint density at radius 1 is 1.12 bits per heavy atom. The van der Waals surface area contributed by atoms with Crippen molar-refractivity contribution >= 4 is 11.8 Å². The van der Waals surface area contributed by atoms with Crippen molar-refractivity contribution in [3.05, 3.63) is 65.5 Å². The van der Waals surface area contributed by atoms with Crippen LogP contribution in [0.2, 0.25) is 0 Å². The molecule has 0 aliphatic rings. The van der Waals surface area contributed by atoms with Crippen LogP contribution in [0, 0.1) is 18.6 Å². The third-order valence-corrected chi connectivity index (χ3v) is 3.29. The molecular weight excluding hydrogens is 328 g/mol. The first-order valence-corrected chi connectivity index (χ1v) is 7.43. The van der Waals surface area contributed by atoms with Gasteiger partial charge in [0.1, 0.15) is 11.6 Å². The number of aromatic nitrogens is 3. The molecule has 0 aliphatic heterocycles. The second kappa shape index (κ2) is 7.08. The van der Waals surface area contributed by atoms with Crippen LogP contribution in [0.3, 0.4) is 0 Å². The third kappa shape index (κ3) is 4.17. The maximum absolute atomic E-state index is 13.3. The number of nitrogens with two attached hydrogens (primary N) is 1. The summed E-state index contributed by atoms with van der Waals surface area (Å²) in [5, 5.41) is 3.10. The summed E-state index contributed by atoms with van der Waals surface area (Å²) in [7, 11) is 0. The van der Waals surface area contributed by atoms with Crippen LogP contribution in [0.4, 0.5) is 20.5 Å². The number of halogens is 2. The minimum Gasteiger partial charge on any atom is -0.439 e. The fourth-order valence-electron chi connectivity index (χ4n) is 2.17. The molecule has 8 heteroatoms. The average Bonchev–Trinajstić information content (AvgIpc) is 2.57. The van der Waals surface area contributed by atoms with Crippen molar-refractivity contribution in [3.8, 4) is 11.6 Å². The molecule has 0 saturated carbocycles. The Kier molecular flexibility index (Phi) is 4.69. The van der Waals surface area contributed by atoms with Crippen LogP contribution in [0.1, 0.15) is 11.3 Å². The molecule has 128 valence electrons. The lowest BCUT2D eigenvalue weighted by atomic mass is 10.2. The molecule has 3 aromatic rings. The number of nitrogen functional groups attached to an aromatic ring is 1. The van der Waals surface area contributed by atoms with E-state index in [1.165, 1.54) is 6.07 Å². The van der Waals surface area contributed by atoms with Crippen LogP contribution < -0.4 is 15.8 Å². The highest BCUT2D eigenvalue weighted by atomic mass is 19.2. The Labute approximate surface area is 142 Å². The van der Waals surface area contributed by atoms with E-state index in [1.807, 2.05) is 6.92 Å². The van der Waals surface area contributed by atoms with E-state index in [-0.39, 0.29) is 17.6 Å². The van der Waals surface area contributed by atoms with Gasteiger partial charge in [-0.25, -0.2) is 18.7 Å². The largest absolute Gasteiger partial charge is 0.439 e. The molecule has 0 radical (unpaired) electrons. The van der Waals surface area contributed by atoms with Crippen molar-refractivity contribution in [3.63, 3.8) is 0 Å². The normalized spacial score (nSPS) is 10.5. The number of nitrogens with zero attached hydrogens (tertiary/aromatic N) is 3. The Hall–Kier alpha value is -3.29. The van der Waals surface area contributed by atoms with Crippen molar-refractivity contribution in [1.29, 1.82) is 0 Å². The van der Waals surface area contributed by atoms with Crippen LogP contribution in [0.15, 0.2) is 42.6 Å². The van der Waals surface area contributed by atoms with Gasteiger partial charge in [0, 0.05) is 36.1 Å². The molecule has 0 aliphatic carbocycles. The minimum atomic E-state index is -0.986. The highest BCUT2D eigenvalue weighted by Gasteiger charge is 2.09. The molecule has 3 N–H and O–H groups in total. The summed E-state index contributed by atoms with van der Waals surface area (Å²) in [6.45, 7) is 2.16. The second-order valence-electron chi connectivity index (χ2n) is 5.25. The molecule has 2 aromatic heterocycles. The van der Waals surface area contributed by atoms with Gasteiger partial charge in [0.25, 0.3) is 0 Å². The molecule has 2 heterocycles. The van der Waals surface area contributed by atoms with Crippen LogP contribution in [-0.2, 0) is 6.54 Å². The van der Waals surface area contributed by atoms with Gasteiger partial charge in [0.2, 0.25) is 11.8 Å². The molecular formula is C17H15F2N5O. The maximum atomic E-state index is 13.3. The summed E-state index contributed by atoms with van der Waals surface area (Å²) >= 11 is 0.